The highest BCUT2D eigenvalue weighted by molar-refractivity contribution is 5.04. The van der Waals surface area contributed by atoms with Crippen molar-refractivity contribution in [3.63, 3.8) is 0 Å². The first kappa shape index (κ1) is 13.1. The van der Waals surface area contributed by atoms with Gasteiger partial charge in [-0.1, -0.05) is 6.92 Å². The Balaban J connectivity index is 1.65. The number of aromatic nitrogens is 3. The van der Waals surface area contributed by atoms with E-state index in [2.05, 4.69) is 26.6 Å². The van der Waals surface area contributed by atoms with E-state index in [1.807, 2.05) is 0 Å². The van der Waals surface area contributed by atoms with Crippen molar-refractivity contribution in [3.8, 4) is 0 Å². The van der Waals surface area contributed by atoms with Gasteiger partial charge in [-0.25, -0.2) is 0 Å². The molecule has 5 heteroatoms. The molecule has 2 aliphatic rings. The van der Waals surface area contributed by atoms with E-state index < -0.39 is 0 Å². The average Bonchev–Trinajstić information content (AvgIpc) is 2.84. The average molecular weight is 263 g/mol. The first-order chi connectivity index (χ1) is 9.28. The molecule has 3 heterocycles. The van der Waals surface area contributed by atoms with Gasteiger partial charge in [0.05, 0.1) is 6.04 Å². The first-order valence-electron chi connectivity index (χ1n) is 7.68. The standard InChI is InChI=1S/C14H25N5/c1-2-18-8-5-11(6-9-18)10-13-16-17-14-12(15)4-3-7-19(13)14/h11-12H,2-10,15H2,1H3. The van der Waals surface area contributed by atoms with E-state index in [0.717, 1.165) is 37.5 Å². The zero-order valence-electron chi connectivity index (χ0n) is 11.9. The minimum absolute atomic E-state index is 0.0944. The number of hydrogen-bond donors (Lipinski definition) is 1. The van der Waals surface area contributed by atoms with Gasteiger partial charge >= 0.3 is 0 Å². The second kappa shape index (κ2) is 5.59. The van der Waals surface area contributed by atoms with Crippen LogP contribution in [0.4, 0.5) is 0 Å². The SMILES string of the molecule is CCN1CCC(Cc2nnc3n2CCCC3N)CC1. The van der Waals surface area contributed by atoms with Gasteiger partial charge in [-0.2, -0.15) is 0 Å². The molecule has 1 saturated heterocycles. The van der Waals surface area contributed by atoms with Gasteiger partial charge in [0.2, 0.25) is 0 Å². The molecule has 1 unspecified atom stereocenters. The Morgan fingerprint density at radius 2 is 1.95 bits per heavy atom. The molecule has 1 atom stereocenters. The molecule has 0 aliphatic carbocycles. The Morgan fingerprint density at radius 1 is 1.16 bits per heavy atom. The molecule has 2 N–H and O–H groups in total. The molecule has 3 rings (SSSR count). The third kappa shape index (κ3) is 2.67. The van der Waals surface area contributed by atoms with Crippen LogP contribution in [0.15, 0.2) is 0 Å². The molecule has 0 aromatic carbocycles. The van der Waals surface area contributed by atoms with Crippen molar-refractivity contribution in [2.45, 2.75) is 51.6 Å². The normalized spacial score (nSPS) is 25.5. The number of nitrogens with zero attached hydrogens (tertiary/aromatic N) is 4. The summed E-state index contributed by atoms with van der Waals surface area (Å²) >= 11 is 0. The summed E-state index contributed by atoms with van der Waals surface area (Å²) in [4.78, 5) is 2.53. The van der Waals surface area contributed by atoms with E-state index in [1.165, 1.54) is 38.3 Å². The van der Waals surface area contributed by atoms with Crippen LogP contribution in [-0.4, -0.2) is 39.3 Å². The van der Waals surface area contributed by atoms with Gasteiger partial charge in [0.25, 0.3) is 0 Å². The third-order valence-electron chi connectivity index (χ3n) is 4.71. The predicted octanol–water partition coefficient (Wildman–Crippen LogP) is 1.35. The molecule has 19 heavy (non-hydrogen) atoms. The van der Waals surface area contributed by atoms with E-state index in [0.29, 0.717) is 0 Å². The summed E-state index contributed by atoms with van der Waals surface area (Å²) in [5.41, 5.74) is 6.10. The van der Waals surface area contributed by atoms with Crippen molar-refractivity contribution in [1.82, 2.24) is 19.7 Å². The number of likely N-dealkylation sites (tertiary alicyclic amines) is 1. The minimum Gasteiger partial charge on any atom is -0.321 e. The second-order valence-corrected chi connectivity index (χ2v) is 5.96. The summed E-state index contributed by atoms with van der Waals surface area (Å²) in [6.45, 7) is 6.96. The van der Waals surface area contributed by atoms with Crippen LogP contribution in [0, 0.1) is 5.92 Å². The van der Waals surface area contributed by atoms with Crippen molar-refractivity contribution < 1.29 is 0 Å². The number of piperidine rings is 1. The monoisotopic (exact) mass is 263 g/mol. The van der Waals surface area contributed by atoms with Crippen molar-refractivity contribution >= 4 is 0 Å². The van der Waals surface area contributed by atoms with Crippen molar-refractivity contribution in [3.05, 3.63) is 11.6 Å². The first-order valence-corrected chi connectivity index (χ1v) is 7.68. The smallest absolute Gasteiger partial charge is 0.149 e. The maximum Gasteiger partial charge on any atom is 0.149 e. The van der Waals surface area contributed by atoms with Crippen LogP contribution in [0.2, 0.25) is 0 Å². The van der Waals surface area contributed by atoms with E-state index >= 15 is 0 Å². The zero-order valence-corrected chi connectivity index (χ0v) is 11.9. The van der Waals surface area contributed by atoms with E-state index in [9.17, 15) is 0 Å². The summed E-state index contributed by atoms with van der Waals surface area (Å²) in [5, 5.41) is 8.71. The summed E-state index contributed by atoms with van der Waals surface area (Å²) in [7, 11) is 0. The van der Waals surface area contributed by atoms with Gasteiger partial charge < -0.3 is 15.2 Å². The van der Waals surface area contributed by atoms with Crippen molar-refractivity contribution in [2.24, 2.45) is 11.7 Å². The molecular weight excluding hydrogens is 238 g/mol. The molecule has 0 spiro atoms. The zero-order chi connectivity index (χ0) is 13.2. The molecule has 1 aromatic heterocycles. The molecule has 2 aliphatic heterocycles. The molecule has 0 radical (unpaired) electrons. The lowest BCUT2D eigenvalue weighted by molar-refractivity contribution is 0.190. The highest BCUT2D eigenvalue weighted by Gasteiger charge is 2.25. The predicted molar refractivity (Wildman–Crippen MR) is 74.7 cm³/mol. The fraction of sp³-hybridized carbons (Fsp3) is 0.857. The fourth-order valence-electron chi connectivity index (χ4n) is 3.38. The lowest BCUT2D eigenvalue weighted by atomic mass is 9.93. The Bertz CT molecular complexity index is 419. The highest BCUT2D eigenvalue weighted by atomic mass is 15.3. The second-order valence-electron chi connectivity index (χ2n) is 5.96. The maximum absolute atomic E-state index is 6.10. The molecule has 0 bridgehead atoms. The summed E-state index contributed by atoms with van der Waals surface area (Å²) in [5.74, 6) is 2.95. The van der Waals surface area contributed by atoms with E-state index in [4.69, 9.17) is 5.73 Å². The Labute approximate surface area is 115 Å². The minimum atomic E-state index is 0.0944. The number of rotatable bonds is 3. The van der Waals surface area contributed by atoms with Gasteiger partial charge in [-0.05, 0) is 51.2 Å². The molecule has 0 amide bonds. The van der Waals surface area contributed by atoms with Crippen LogP contribution < -0.4 is 5.73 Å². The van der Waals surface area contributed by atoms with Crippen LogP contribution in [-0.2, 0) is 13.0 Å². The number of hydrogen-bond acceptors (Lipinski definition) is 4. The summed E-state index contributed by atoms with van der Waals surface area (Å²) in [6.07, 6.45) is 5.88. The van der Waals surface area contributed by atoms with Crippen LogP contribution >= 0.6 is 0 Å². The van der Waals surface area contributed by atoms with E-state index in [1.54, 1.807) is 0 Å². The van der Waals surface area contributed by atoms with Crippen LogP contribution in [0.3, 0.4) is 0 Å². The van der Waals surface area contributed by atoms with Crippen molar-refractivity contribution in [2.75, 3.05) is 19.6 Å². The number of nitrogens with two attached hydrogens (primary N) is 1. The van der Waals surface area contributed by atoms with Gasteiger partial charge in [0.15, 0.2) is 0 Å². The van der Waals surface area contributed by atoms with E-state index in [-0.39, 0.29) is 6.04 Å². The van der Waals surface area contributed by atoms with Gasteiger partial charge in [0.1, 0.15) is 11.6 Å². The van der Waals surface area contributed by atoms with Gasteiger partial charge in [-0.15, -0.1) is 10.2 Å². The lowest BCUT2D eigenvalue weighted by Gasteiger charge is -2.31. The summed E-state index contributed by atoms with van der Waals surface area (Å²) in [6, 6.07) is 0.0944. The number of fused-ring (bicyclic) bond motifs is 1. The topological polar surface area (TPSA) is 60.0 Å². The van der Waals surface area contributed by atoms with Crippen LogP contribution in [0.25, 0.3) is 0 Å². The highest BCUT2D eigenvalue weighted by Crippen LogP contribution is 2.25. The lowest BCUT2D eigenvalue weighted by Crippen LogP contribution is -2.34. The Hall–Kier alpha value is -0.940. The van der Waals surface area contributed by atoms with Crippen LogP contribution in [0.1, 0.15) is 50.3 Å². The third-order valence-corrected chi connectivity index (χ3v) is 4.71. The Kier molecular flexibility index (Phi) is 3.84. The fourth-order valence-corrected chi connectivity index (χ4v) is 3.38. The van der Waals surface area contributed by atoms with Crippen molar-refractivity contribution in [1.29, 1.82) is 0 Å². The molecule has 1 aromatic rings. The largest absolute Gasteiger partial charge is 0.321 e. The van der Waals surface area contributed by atoms with Gasteiger partial charge in [-0.3, -0.25) is 0 Å². The molecule has 5 nitrogen and oxygen atoms in total. The van der Waals surface area contributed by atoms with Gasteiger partial charge in [0, 0.05) is 13.0 Å². The summed E-state index contributed by atoms with van der Waals surface area (Å²) < 4.78 is 2.28. The molecule has 106 valence electrons. The quantitative estimate of drug-likeness (QED) is 0.894. The molecule has 0 saturated carbocycles. The molecular formula is C14H25N5. The molecule has 1 fully saturated rings. The van der Waals surface area contributed by atoms with Crippen LogP contribution in [0.5, 0.6) is 0 Å². The Morgan fingerprint density at radius 3 is 2.68 bits per heavy atom. The maximum atomic E-state index is 6.10.